The van der Waals surface area contributed by atoms with Gasteiger partial charge >= 0.3 is 5.97 Å². The van der Waals surface area contributed by atoms with E-state index in [1.54, 1.807) is 29.2 Å². The summed E-state index contributed by atoms with van der Waals surface area (Å²) >= 11 is 0. The molecule has 29 heavy (non-hydrogen) atoms. The molecule has 1 aliphatic rings. The lowest BCUT2D eigenvalue weighted by Gasteiger charge is -2.23. The fourth-order valence-corrected chi connectivity index (χ4v) is 3.68. The van der Waals surface area contributed by atoms with Crippen LogP contribution in [0.5, 0.6) is 0 Å². The van der Waals surface area contributed by atoms with E-state index in [1.807, 2.05) is 24.3 Å². The van der Waals surface area contributed by atoms with E-state index in [9.17, 15) is 14.4 Å². The Kier molecular flexibility index (Phi) is 6.32. The van der Waals surface area contributed by atoms with Gasteiger partial charge in [-0.15, -0.1) is 0 Å². The third-order valence-electron chi connectivity index (χ3n) is 5.48. The Morgan fingerprint density at radius 2 is 1.86 bits per heavy atom. The van der Waals surface area contributed by atoms with Gasteiger partial charge in [-0.1, -0.05) is 50.2 Å². The molecule has 0 saturated carbocycles. The highest BCUT2D eigenvalue weighted by Crippen LogP contribution is 2.33. The first kappa shape index (κ1) is 20.6. The summed E-state index contributed by atoms with van der Waals surface area (Å²) in [4.78, 5) is 38.3. The number of carboxylic acids is 1. The molecule has 0 spiro atoms. The van der Waals surface area contributed by atoms with Crippen molar-refractivity contribution in [2.75, 3.05) is 16.8 Å². The van der Waals surface area contributed by atoms with Gasteiger partial charge in [0.1, 0.15) is 0 Å². The van der Waals surface area contributed by atoms with Crippen molar-refractivity contribution in [3.8, 4) is 0 Å². The van der Waals surface area contributed by atoms with Crippen LogP contribution in [0.25, 0.3) is 0 Å². The lowest BCUT2D eigenvalue weighted by molar-refractivity contribution is -0.136. The summed E-state index contributed by atoms with van der Waals surface area (Å²) in [5, 5.41) is 11.9. The molecule has 0 aliphatic carbocycles. The van der Waals surface area contributed by atoms with Crippen LogP contribution in [0.3, 0.4) is 0 Å². The zero-order chi connectivity index (χ0) is 21.0. The van der Waals surface area contributed by atoms with Gasteiger partial charge in [-0.25, -0.2) is 0 Å². The lowest BCUT2D eigenvalue weighted by atomic mass is 9.96. The number of aliphatic carboxylic acids is 1. The molecule has 2 unspecified atom stereocenters. The number of carboxylic acid groups (broad SMARTS) is 1. The SMILES string of the molecule is CCC(C)c1ccccc1N1CC(C(=O)Nc2ccccc2CC(=O)O)CC1=O. The number of hydrogen-bond donors (Lipinski definition) is 2. The van der Waals surface area contributed by atoms with Crippen LogP contribution in [0.4, 0.5) is 11.4 Å². The van der Waals surface area contributed by atoms with Gasteiger partial charge in [-0.05, 0) is 35.6 Å². The molecule has 1 fully saturated rings. The van der Waals surface area contributed by atoms with Gasteiger partial charge in [-0.2, -0.15) is 0 Å². The van der Waals surface area contributed by atoms with E-state index in [2.05, 4.69) is 19.2 Å². The number of carbonyl (C=O) groups is 3. The van der Waals surface area contributed by atoms with Crippen molar-refractivity contribution in [2.45, 2.75) is 39.0 Å². The number of anilines is 2. The number of amides is 2. The number of nitrogens with one attached hydrogen (secondary N) is 1. The average Bonchev–Trinajstić information content (AvgIpc) is 3.10. The van der Waals surface area contributed by atoms with Crippen LogP contribution in [0.1, 0.15) is 43.7 Å². The maximum Gasteiger partial charge on any atom is 0.307 e. The molecule has 2 N–H and O–H groups in total. The van der Waals surface area contributed by atoms with Crippen LogP contribution in [0, 0.1) is 5.92 Å². The topological polar surface area (TPSA) is 86.7 Å². The second-order valence-electron chi connectivity index (χ2n) is 7.49. The first-order chi connectivity index (χ1) is 13.9. The molecule has 152 valence electrons. The number of hydrogen-bond acceptors (Lipinski definition) is 3. The predicted molar refractivity (Wildman–Crippen MR) is 112 cm³/mol. The van der Waals surface area contributed by atoms with Gasteiger partial charge in [0.15, 0.2) is 0 Å². The van der Waals surface area contributed by atoms with Crippen molar-refractivity contribution in [3.05, 3.63) is 59.7 Å². The highest BCUT2D eigenvalue weighted by molar-refractivity contribution is 6.04. The summed E-state index contributed by atoms with van der Waals surface area (Å²) in [5.74, 6) is -1.46. The van der Waals surface area contributed by atoms with Crippen LogP contribution in [-0.2, 0) is 20.8 Å². The van der Waals surface area contributed by atoms with E-state index in [4.69, 9.17) is 5.11 Å². The molecule has 0 aromatic heterocycles. The van der Waals surface area contributed by atoms with Crippen molar-refractivity contribution < 1.29 is 19.5 Å². The molecule has 2 amide bonds. The van der Waals surface area contributed by atoms with E-state index in [1.165, 1.54) is 0 Å². The number of rotatable bonds is 7. The number of nitrogens with zero attached hydrogens (tertiary/aromatic N) is 1. The maximum absolute atomic E-state index is 12.8. The molecule has 2 aromatic rings. The largest absolute Gasteiger partial charge is 0.481 e. The van der Waals surface area contributed by atoms with Crippen molar-refractivity contribution in [3.63, 3.8) is 0 Å². The first-order valence-electron chi connectivity index (χ1n) is 9.90. The molecule has 2 aromatic carbocycles. The molecule has 6 nitrogen and oxygen atoms in total. The summed E-state index contributed by atoms with van der Waals surface area (Å²) in [6.07, 6.45) is 0.930. The Hall–Kier alpha value is -3.15. The second-order valence-corrected chi connectivity index (χ2v) is 7.49. The smallest absolute Gasteiger partial charge is 0.307 e. The van der Waals surface area contributed by atoms with Crippen molar-refractivity contribution in [1.29, 1.82) is 0 Å². The third kappa shape index (κ3) is 4.65. The zero-order valence-corrected chi connectivity index (χ0v) is 16.7. The van der Waals surface area contributed by atoms with Crippen LogP contribution in [0.2, 0.25) is 0 Å². The van der Waals surface area contributed by atoms with Gasteiger partial charge < -0.3 is 15.3 Å². The number of para-hydroxylation sites is 2. The predicted octanol–water partition coefficient (Wildman–Crippen LogP) is 3.82. The Bertz CT molecular complexity index is 925. The fourth-order valence-electron chi connectivity index (χ4n) is 3.68. The molecule has 1 saturated heterocycles. The number of carbonyl (C=O) groups excluding carboxylic acids is 2. The van der Waals surface area contributed by atoms with E-state index >= 15 is 0 Å². The minimum Gasteiger partial charge on any atom is -0.481 e. The molecule has 0 radical (unpaired) electrons. The van der Waals surface area contributed by atoms with Gasteiger partial charge in [-0.3, -0.25) is 14.4 Å². The Balaban J connectivity index is 1.76. The van der Waals surface area contributed by atoms with E-state index in [-0.39, 0.29) is 24.7 Å². The maximum atomic E-state index is 12.8. The Morgan fingerprint density at radius 3 is 2.59 bits per heavy atom. The van der Waals surface area contributed by atoms with E-state index < -0.39 is 11.9 Å². The average molecular weight is 394 g/mol. The number of benzene rings is 2. The molecular weight excluding hydrogens is 368 g/mol. The molecule has 6 heteroatoms. The quantitative estimate of drug-likeness (QED) is 0.747. The van der Waals surface area contributed by atoms with Gasteiger partial charge in [0.05, 0.1) is 12.3 Å². The Morgan fingerprint density at radius 1 is 1.17 bits per heavy atom. The molecule has 1 aliphatic heterocycles. The summed E-state index contributed by atoms with van der Waals surface area (Å²) in [6, 6.07) is 14.7. The minimum absolute atomic E-state index is 0.0697. The highest BCUT2D eigenvalue weighted by Gasteiger charge is 2.36. The third-order valence-corrected chi connectivity index (χ3v) is 5.48. The van der Waals surface area contributed by atoms with Gasteiger partial charge in [0.25, 0.3) is 0 Å². The second kappa shape index (κ2) is 8.90. The summed E-state index contributed by atoms with van der Waals surface area (Å²) in [6.45, 7) is 4.56. The molecule has 0 bridgehead atoms. The Labute approximate surface area is 170 Å². The van der Waals surface area contributed by atoms with Crippen LogP contribution >= 0.6 is 0 Å². The van der Waals surface area contributed by atoms with Crippen molar-refractivity contribution >= 4 is 29.2 Å². The van der Waals surface area contributed by atoms with E-state index in [0.29, 0.717) is 23.7 Å². The summed E-state index contributed by atoms with van der Waals surface area (Å²) in [5.41, 5.74) is 2.99. The summed E-state index contributed by atoms with van der Waals surface area (Å²) < 4.78 is 0. The zero-order valence-electron chi connectivity index (χ0n) is 16.7. The van der Waals surface area contributed by atoms with Gasteiger partial charge in [0, 0.05) is 24.3 Å². The van der Waals surface area contributed by atoms with Crippen molar-refractivity contribution in [2.24, 2.45) is 5.92 Å². The fraction of sp³-hybridized carbons (Fsp3) is 0.348. The monoisotopic (exact) mass is 394 g/mol. The molecule has 2 atom stereocenters. The summed E-state index contributed by atoms with van der Waals surface area (Å²) in [7, 11) is 0. The van der Waals surface area contributed by atoms with E-state index in [0.717, 1.165) is 17.7 Å². The molecular formula is C23H26N2O4. The van der Waals surface area contributed by atoms with Gasteiger partial charge in [0.2, 0.25) is 11.8 Å². The standard InChI is InChI=1S/C23H26N2O4/c1-3-15(2)18-9-5-7-11-20(18)25-14-17(12-21(25)26)23(29)24-19-10-6-4-8-16(19)13-22(27)28/h4-11,15,17H,3,12-14H2,1-2H3,(H,24,29)(H,27,28). The molecule has 3 rings (SSSR count). The highest BCUT2D eigenvalue weighted by atomic mass is 16.4. The normalized spacial score (nSPS) is 17.2. The van der Waals surface area contributed by atoms with Crippen LogP contribution in [0.15, 0.2) is 48.5 Å². The van der Waals surface area contributed by atoms with Crippen molar-refractivity contribution in [1.82, 2.24) is 0 Å². The lowest BCUT2D eigenvalue weighted by Crippen LogP contribution is -2.29. The molecule has 1 heterocycles. The minimum atomic E-state index is -0.962. The van der Waals surface area contributed by atoms with Crippen LogP contribution < -0.4 is 10.2 Å². The van der Waals surface area contributed by atoms with Crippen LogP contribution in [-0.4, -0.2) is 29.4 Å². The first-order valence-corrected chi connectivity index (χ1v) is 9.90.